The molecule has 0 spiro atoms. The van der Waals surface area contributed by atoms with Gasteiger partial charge in [-0.05, 0) is 59.0 Å². The Bertz CT molecular complexity index is 481. The molecule has 2 atom stereocenters. The maximum atomic E-state index is 11.7. The van der Waals surface area contributed by atoms with Gasteiger partial charge >= 0.3 is 5.97 Å². The van der Waals surface area contributed by atoms with E-state index in [9.17, 15) is 9.90 Å². The molecule has 0 aliphatic rings. The molecule has 0 fully saturated rings. The van der Waals surface area contributed by atoms with Crippen molar-refractivity contribution in [3.63, 3.8) is 0 Å². The van der Waals surface area contributed by atoms with Gasteiger partial charge in [0.15, 0.2) is 6.10 Å². The van der Waals surface area contributed by atoms with Gasteiger partial charge in [-0.1, -0.05) is 96.6 Å². The molecule has 5 nitrogen and oxygen atoms in total. The Balaban J connectivity index is 3.93. The van der Waals surface area contributed by atoms with Gasteiger partial charge in [0.05, 0.1) is 19.3 Å². The van der Waals surface area contributed by atoms with E-state index in [-0.39, 0.29) is 6.04 Å². The van der Waals surface area contributed by atoms with Crippen molar-refractivity contribution in [2.24, 2.45) is 0 Å². The standard InChI is InChI=1S/C30H59NO4/c1-5-7-9-11-13-14-15-16-17-18-20-22-24-29(30(32)33)35-27-28(31(3)4)26-34-25-23-21-19-12-10-8-6-2/h16-17,28-29H,5-15,18-27H2,1-4H3,(H,32,33). The van der Waals surface area contributed by atoms with E-state index in [4.69, 9.17) is 9.47 Å². The number of carbonyl (C=O) groups is 1. The van der Waals surface area contributed by atoms with Crippen molar-refractivity contribution in [2.75, 3.05) is 33.9 Å². The van der Waals surface area contributed by atoms with Crippen molar-refractivity contribution in [3.05, 3.63) is 12.2 Å². The summed E-state index contributed by atoms with van der Waals surface area (Å²) in [6, 6.07) is 0.0753. The minimum atomic E-state index is -0.856. The number of hydrogen-bond donors (Lipinski definition) is 1. The molecule has 0 aromatic rings. The van der Waals surface area contributed by atoms with Crippen LogP contribution in [0.3, 0.4) is 0 Å². The molecule has 0 rings (SSSR count). The highest BCUT2D eigenvalue weighted by Crippen LogP contribution is 2.12. The zero-order valence-corrected chi connectivity index (χ0v) is 23.8. The molecule has 0 aromatic heterocycles. The monoisotopic (exact) mass is 497 g/mol. The van der Waals surface area contributed by atoms with Gasteiger partial charge in [0.25, 0.3) is 0 Å². The Hall–Kier alpha value is -0.910. The van der Waals surface area contributed by atoms with Crippen LogP contribution < -0.4 is 0 Å². The van der Waals surface area contributed by atoms with E-state index in [1.807, 2.05) is 14.1 Å². The number of hydrogen-bond acceptors (Lipinski definition) is 4. The molecular weight excluding hydrogens is 438 g/mol. The molecule has 5 heteroatoms. The van der Waals surface area contributed by atoms with E-state index in [1.165, 1.54) is 83.5 Å². The fourth-order valence-electron chi connectivity index (χ4n) is 4.10. The molecule has 0 saturated carbocycles. The Morgan fingerprint density at radius 2 is 1.26 bits per heavy atom. The second-order valence-electron chi connectivity index (χ2n) is 10.3. The summed E-state index contributed by atoms with van der Waals surface area (Å²) < 4.78 is 11.7. The van der Waals surface area contributed by atoms with Crippen LogP contribution >= 0.6 is 0 Å². The molecule has 2 unspecified atom stereocenters. The Morgan fingerprint density at radius 1 is 0.743 bits per heavy atom. The average Bonchev–Trinajstić information content (AvgIpc) is 2.83. The highest BCUT2D eigenvalue weighted by atomic mass is 16.5. The van der Waals surface area contributed by atoms with E-state index in [0.717, 1.165) is 32.3 Å². The third-order valence-corrected chi connectivity index (χ3v) is 6.68. The van der Waals surface area contributed by atoms with Gasteiger partial charge in [0.2, 0.25) is 0 Å². The summed E-state index contributed by atoms with van der Waals surface area (Å²) in [6.07, 6.45) is 25.4. The lowest BCUT2D eigenvalue weighted by atomic mass is 10.1. The lowest BCUT2D eigenvalue weighted by Gasteiger charge is -2.25. The molecule has 0 radical (unpaired) electrons. The Morgan fingerprint density at radius 3 is 1.80 bits per heavy atom. The van der Waals surface area contributed by atoms with Crippen LogP contribution in [0.15, 0.2) is 12.2 Å². The second kappa shape index (κ2) is 26.2. The maximum absolute atomic E-state index is 11.7. The van der Waals surface area contributed by atoms with E-state index in [0.29, 0.717) is 19.6 Å². The first kappa shape index (κ1) is 34.1. The number of rotatable bonds is 27. The number of aliphatic carboxylic acids is 1. The van der Waals surface area contributed by atoms with Crippen molar-refractivity contribution in [1.29, 1.82) is 0 Å². The zero-order chi connectivity index (χ0) is 26.0. The average molecular weight is 498 g/mol. The fraction of sp³-hybridized carbons (Fsp3) is 0.900. The van der Waals surface area contributed by atoms with Crippen LogP contribution in [0.2, 0.25) is 0 Å². The van der Waals surface area contributed by atoms with Crippen LogP contribution in [-0.4, -0.2) is 62.0 Å². The smallest absolute Gasteiger partial charge is 0.332 e. The van der Waals surface area contributed by atoms with Crippen LogP contribution in [-0.2, 0) is 14.3 Å². The summed E-state index contributed by atoms with van der Waals surface area (Å²) >= 11 is 0. The van der Waals surface area contributed by atoms with Gasteiger partial charge in [0, 0.05) is 6.61 Å². The second-order valence-corrected chi connectivity index (χ2v) is 10.3. The number of carboxylic acids is 1. The van der Waals surface area contributed by atoms with Crippen LogP contribution in [0.5, 0.6) is 0 Å². The summed E-state index contributed by atoms with van der Waals surface area (Å²) in [5.74, 6) is -0.856. The van der Waals surface area contributed by atoms with Crippen LogP contribution in [0.1, 0.15) is 129 Å². The molecule has 0 aliphatic carbocycles. The molecule has 0 amide bonds. The third-order valence-electron chi connectivity index (χ3n) is 6.68. The number of allylic oxidation sites excluding steroid dienone is 2. The van der Waals surface area contributed by atoms with Gasteiger partial charge in [-0.25, -0.2) is 4.79 Å². The molecular formula is C30H59NO4. The first-order valence-corrected chi connectivity index (χ1v) is 14.8. The molecule has 0 bridgehead atoms. The molecule has 0 saturated heterocycles. The van der Waals surface area contributed by atoms with Gasteiger partial charge < -0.3 is 19.5 Å². The van der Waals surface area contributed by atoms with Crippen molar-refractivity contribution < 1.29 is 19.4 Å². The number of carboxylic acid groups (broad SMARTS) is 1. The van der Waals surface area contributed by atoms with Crippen molar-refractivity contribution >= 4 is 5.97 Å². The number of unbranched alkanes of at least 4 members (excludes halogenated alkanes) is 14. The summed E-state index contributed by atoms with van der Waals surface area (Å²) in [5, 5.41) is 9.57. The summed E-state index contributed by atoms with van der Waals surface area (Å²) in [7, 11) is 4.00. The highest BCUT2D eigenvalue weighted by Gasteiger charge is 2.21. The van der Waals surface area contributed by atoms with Crippen LogP contribution in [0, 0.1) is 0 Å². The zero-order valence-electron chi connectivity index (χ0n) is 23.8. The SMILES string of the molecule is CCCCCCCCC=CCCCCC(OCC(COCCCCCCCCC)N(C)C)C(=O)O. The highest BCUT2D eigenvalue weighted by molar-refractivity contribution is 5.72. The quantitative estimate of drug-likeness (QED) is 0.0919. The van der Waals surface area contributed by atoms with E-state index >= 15 is 0 Å². The van der Waals surface area contributed by atoms with Gasteiger partial charge in [0.1, 0.15) is 0 Å². The lowest BCUT2D eigenvalue weighted by Crippen LogP contribution is -2.39. The third kappa shape index (κ3) is 23.3. The predicted molar refractivity (Wildman–Crippen MR) is 149 cm³/mol. The van der Waals surface area contributed by atoms with Crippen molar-refractivity contribution in [2.45, 2.75) is 142 Å². The van der Waals surface area contributed by atoms with Gasteiger partial charge in [-0.15, -0.1) is 0 Å². The lowest BCUT2D eigenvalue weighted by molar-refractivity contribution is -0.152. The number of likely N-dealkylation sites (N-methyl/N-ethyl adjacent to an activating group) is 1. The summed E-state index contributed by atoms with van der Waals surface area (Å²) in [6.45, 7) is 6.24. The maximum Gasteiger partial charge on any atom is 0.332 e. The van der Waals surface area contributed by atoms with Crippen LogP contribution in [0.25, 0.3) is 0 Å². The predicted octanol–water partition coefficient (Wildman–Crippen LogP) is 8.02. The van der Waals surface area contributed by atoms with Crippen molar-refractivity contribution in [1.82, 2.24) is 4.90 Å². The topological polar surface area (TPSA) is 59.0 Å². The Labute approximate surface area is 218 Å². The minimum absolute atomic E-state index is 0.0753. The Kier molecular flexibility index (Phi) is 25.5. The summed E-state index contributed by atoms with van der Waals surface area (Å²) in [4.78, 5) is 13.7. The fourth-order valence-corrected chi connectivity index (χ4v) is 4.10. The number of ether oxygens (including phenoxy) is 2. The van der Waals surface area contributed by atoms with E-state index in [2.05, 4.69) is 30.9 Å². The van der Waals surface area contributed by atoms with E-state index < -0.39 is 12.1 Å². The van der Waals surface area contributed by atoms with Gasteiger partial charge in [-0.2, -0.15) is 0 Å². The summed E-state index contributed by atoms with van der Waals surface area (Å²) in [5.41, 5.74) is 0. The van der Waals surface area contributed by atoms with Gasteiger partial charge in [-0.3, -0.25) is 0 Å². The molecule has 0 aromatic carbocycles. The van der Waals surface area contributed by atoms with Crippen molar-refractivity contribution in [3.8, 4) is 0 Å². The largest absolute Gasteiger partial charge is 0.479 e. The minimum Gasteiger partial charge on any atom is -0.479 e. The molecule has 208 valence electrons. The molecule has 35 heavy (non-hydrogen) atoms. The normalized spacial score (nSPS) is 13.6. The first-order chi connectivity index (χ1) is 17.0. The first-order valence-electron chi connectivity index (χ1n) is 14.8. The molecule has 0 aliphatic heterocycles. The number of nitrogens with zero attached hydrogens (tertiary/aromatic N) is 1. The van der Waals surface area contributed by atoms with Crippen LogP contribution in [0.4, 0.5) is 0 Å². The van der Waals surface area contributed by atoms with E-state index in [1.54, 1.807) is 0 Å². The molecule has 0 heterocycles. The molecule has 1 N–H and O–H groups in total.